The average Bonchev–Trinajstić information content (AvgIpc) is 3.23. The summed E-state index contributed by atoms with van der Waals surface area (Å²) in [7, 11) is 1.60. The molecular weight excluding hydrogens is 356 g/mol. The Bertz CT molecular complexity index is 977. The average molecular weight is 378 g/mol. The summed E-state index contributed by atoms with van der Waals surface area (Å²) in [6.45, 7) is 4.36. The second-order valence-electron chi connectivity index (χ2n) is 5.99. The van der Waals surface area contributed by atoms with Crippen molar-refractivity contribution < 1.29 is 14.3 Å². The lowest BCUT2D eigenvalue weighted by Crippen LogP contribution is -2.19. The van der Waals surface area contributed by atoms with Crippen LogP contribution in [0.3, 0.4) is 0 Å². The van der Waals surface area contributed by atoms with Crippen molar-refractivity contribution in [3.05, 3.63) is 65.9 Å². The van der Waals surface area contributed by atoms with Gasteiger partial charge in [0, 0.05) is 11.1 Å². The molecule has 0 saturated carbocycles. The number of aromatic nitrogens is 2. The molecule has 0 atom stereocenters. The molecule has 28 heavy (non-hydrogen) atoms. The number of hydrazone groups is 1. The molecule has 0 unspecified atom stereocenters. The Morgan fingerprint density at radius 2 is 1.93 bits per heavy atom. The topological polar surface area (TPSA) is 88.6 Å². The summed E-state index contributed by atoms with van der Waals surface area (Å²) in [4.78, 5) is 12.4. The van der Waals surface area contributed by atoms with Gasteiger partial charge in [-0.05, 0) is 56.3 Å². The first kappa shape index (κ1) is 19.2. The van der Waals surface area contributed by atoms with Gasteiger partial charge < -0.3 is 9.47 Å². The van der Waals surface area contributed by atoms with E-state index in [9.17, 15) is 4.79 Å². The molecule has 7 heteroatoms. The zero-order chi connectivity index (χ0) is 19.9. The normalized spacial score (nSPS) is 11.2. The number of hydrogen-bond donors (Lipinski definition) is 2. The Labute approximate surface area is 163 Å². The van der Waals surface area contributed by atoms with Crippen molar-refractivity contribution in [3.63, 3.8) is 0 Å². The molecule has 0 spiro atoms. The minimum atomic E-state index is -0.369. The molecule has 0 radical (unpaired) electrons. The Morgan fingerprint density at radius 1 is 1.14 bits per heavy atom. The van der Waals surface area contributed by atoms with Gasteiger partial charge in [0.25, 0.3) is 5.91 Å². The van der Waals surface area contributed by atoms with Crippen LogP contribution in [-0.2, 0) is 0 Å². The smallest absolute Gasteiger partial charge is 0.289 e. The number of benzene rings is 2. The highest BCUT2D eigenvalue weighted by Gasteiger charge is 2.11. The number of nitrogens with one attached hydrogen (secondary N) is 2. The van der Waals surface area contributed by atoms with Crippen molar-refractivity contribution in [2.75, 3.05) is 13.7 Å². The molecule has 1 amide bonds. The molecule has 0 saturated heterocycles. The molecule has 3 rings (SSSR count). The highest BCUT2D eigenvalue weighted by molar-refractivity contribution is 6.00. The van der Waals surface area contributed by atoms with E-state index in [-0.39, 0.29) is 5.91 Å². The van der Waals surface area contributed by atoms with Gasteiger partial charge in [0.2, 0.25) is 0 Å². The molecule has 1 heterocycles. The van der Waals surface area contributed by atoms with Crippen molar-refractivity contribution in [1.29, 1.82) is 0 Å². The van der Waals surface area contributed by atoms with E-state index in [4.69, 9.17) is 9.47 Å². The van der Waals surface area contributed by atoms with Gasteiger partial charge in [-0.1, -0.05) is 12.1 Å². The van der Waals surface area contributed by atoms with Crippen molar-refractivity contribution in [2.45, 2.75) is 13.8 Å². The molecule has 3 aromatic rings. The van der Waals surface area contributed by atoms with Crippen LogP contribution in [-0.4, -0.2) is 35.5 Å². The number of carbonyl (C=O) groups is 1. The molecule has 2 aromatic carbocycles. The van der Waals surface area contributed by atoms with Crippen LogP contribution in [0.4, 0.5) is 0 Å². The van der Waals surface area contributed by atoms with Crippen LogP contribution < -0.4 is 14.9 Å². The van der Waals surface area contributed by atoms with Crippen LogP contribution >= 0.6 is 0 Å². The predicted molar refractivity (Wildman–Crippen MR) is 108 cm³/mol. The first-order valence-corrected chi connectivity index (χ1v) is 8.88. The van der Waals surface area contributed by atoms with E-state index in [1.54, 1.807) is 13.2 Å². The summed E-state index contributed by atoms with van der Waals surface area (Å²) < 4.78 is 10.6. The highest BCUT2D eigenvalue weighted by atomic mass is 16.5. The van der Waals surface area contributed by atoms with Gasteiger partial charge in [-0.3, -0.25) is 9.89 Å². The summed E-state index contributed by atoms with van der Waals surface area (Å²) in [6, 6.07) is 16.7. The fourth-order valence-electron chi connectivity index (χ4n) is 2.58. The number of H-pyrrole nitrogens is 1. The van der Waals surface area contributed by atoms with Gasteiger partial charge >= 0.3 is 0 Å². The number of amides is 1. The van der Waals surface area contributed by atoms with Gasteiger partial charge in [0.15, 0.2) is 0 Å². The molecule has 7 nitrogen and oxygen atoms in total. The molecular formula is C21H22N4O3. The summed E-state index contributed by atoms with van der Waals surface area (Å²) in [5.41, 5.74) is 5.95. The molecule has 1 aromatic heterocycles. The van der Waals surface area contributed by atoms with Crippen molar-refractivity contribution >= 4 is 11.6 Å². The van der Waals surface area contributed by atoms with Crippen molar-refractivity contribution in [1.82, 2.24) is 15.6 Å². The van der Waals surface area contributed by atoms with E-state index < -0.39 is 0 Å². The molecule has 0 fully saturated rings. The summed E-state index contributed by atoms with van der Waals surface area (Å²) in [6.07, 6.45) is 0. The number of ether oxygens (including phenoxy) is 2. The van der Waals surface area contributed by atoms with Crippen LogP contribution in [0.2, 0.25) is 0 Å². The maximum Gasteiger partial charge on any atom is 0.289 e. The zero-order valence-electron chi connectivity index (χ0n) is 16.0. The molecule has 144 valence electrons. The van der Waals surface area contributed by atoms with E-state index in [1.807, 2.05) is 62.4 Å². The number of aromatic amines is 1. The Balaban J connectivity index is 1.68. The summed E-state index contributed by atoms with van der Waals surface area (Å²) in [5, 5.41) is 11.1. The van der Waals surface area contributed by atoms with Crippen LogP contribution in [0, 0.1) is 0 Å². The van der Waals surface area contributed by atoms with Gasteiger partial charge in [-0.25, -0.2) is 5.43 Å². The fourth-order valence-corrected chi connectivity index (χ4v) is 2.58. The molecule has 2 N–H and O–H groups in total. The third kappa shape index (κ3) is 4.56. The summed E-state index contributed by atoms with van der Waals surface area (Å²) >= 11 is 0. The van der Waals surface area contributed by atoms with Crippen molar-refractivity contribution in [2.24, 2.45) is 5.10 Å². The Hall–Kier alpha value is -3.61. The SMILES string of the molecule is CCOc1ccc(-c2cc(C(=O)N/N=C(/C)c3cccc(OC)c3)[nH]n2)cc1. The van der Waals surface area contributed by atoms with Gasteiger partial charge in [-0.2, -0.15) is 10.2 Å². The lowest BCUT2D eigenvalue weighted by molar-refractivity contribution is 0.0950. The van der Waals surface area contributed by atoms with E-state index in [2.05, 4.69) is 20.7 Å². The number of rotatable bonds is 7. The predicted octanol–water partition coefficient (Wildman–Crippen LogP) is 3.64. The molecule has 0 aliphatic carbocycles. The Morgan fingerprint density at radius 3 is 2.64 bits per heavy atom. The standard InChI is InChI=1S/C21H22N4O3/c1-4-28-17-10-8-15(9-11-17)19-13-20(24-23-19)21(26)25-22-14(2)16-6-5-7-18(12-16)27-3/h5-13H,4H2,1-3H3,(H,23,24)(H,25,26)/b22-14-. The van der Waals surface area contributed by atoms with Crippen molar-refractivity contribution in [3.8, 4) is 22.8 Å². The van der Waals surface area contributed by atoms with Crippen LogP contribution in [0.25, 0.3) is 11.3 Å². The molecule has 0 aliphatic rings. The van der Waals surface area contributed by atoms with Crippen LogP contribution in [0.15, 0.2) is 59.7 Å². The quantitative estimate of drug-likeness (QED) is 0.485. The van der Waals surface area contributed by atoms with E-state index in [0.29, 0.717) is 23.7 Å². The van der Waals surface area contributed by atoms with Gasteiger partial charge in [0.05, 0.1) is 25.1 Å². The number of hydrogen-bond acceptors (Lipinski definition) is 5. The number of carbonyl (C=O) groups excluding carboxylic acids is 1. The third-order valence-corrected chi connectivity index (χ3v) is 4.10. The highest BCUT2D eigenvalue weighted by Crippen LogP contribution is 2.21. The lowest BCUT2D eigenvalue weighted by Gasteiger charge is -2.04. The maximum atomic E-state index is 12.4. The monoisotopic (exact) mass is 378 g/mol. The fraction of sp³-hybridized carbons (Fsp3) is 0.190. The van der Waals surface area contributed by atoms with Gasteiger partial charge in [-0.15, -0.1) is 0 Å². The second-order valence-corrected chi connectivity index (χ2v) is 5.99. The largest absolute Gasteiger partial charge is 0.497 e. The van der Waals surface area contributed by atoms with E-state index in [1.165, 1.54) is 0 Å². The molecule has 0 aliphatic heterocycles. The minimum absolute atomic E-state index is 0.325. The molecule has 0 bridgehead atoms. The van der Waals surface area contributed by atoms with E-state index >= 15 is 0 Å². The number of methoxy groups -OCH3 is 1. The maximum absolute atomic E-state index is 12.4. The zero-order valence-corrected chi connectivity index (χ0v) is 16.0. The minimum Gasteiger partial charge on any atom is -0.497 e. The second kappa shape index (κ2) is 8.85. The van der Waals surface area contributed by atoms with Crippen LogP contribution in [0.5, 0.6) is 11.5 Å². The lowest BCUT2D eigenvalue weighted by atomic mass is 10.1. The first-order chi connectivity index (χ1) is 13.6. The third-order valence-electron chi connectivity index (χ3n) is 4.10. The first-order valence-electron chi connectivity index (χ1n) is 8.88. The van der Waals surface area contributed by atoms with E-state index in [0.717, 1.165) is 22.6 Å². The van der Waals surface area contributed by atoms with Gasteiger partial charge in [0.1, 0.15) is 17.2 Å². The number of nitrogens with zero attached hydrogens (tertiary/aromatic N) is 2. The summed E-state index contributed by atoms with van der Waals surface area (Å²) in [5.74, 6) is 1.15. The Kier molecular flexibility index (Phi) is 6.06. The van der Waals surface area contributed by atoms with Crippen LogP contribution in [0.1, 0.15) is 29.9 Å².